The monoisotopic (exact) mass is 431 g/mol. The summed E-state index contributed by atoms with van der Waals surface area (Å²) in [6.45, 7) is -0.160. The second kappa shape index (κ2) is 8.74. The number of halogens is 6. The van der Waals surface area contributed by atoms with E-state index in [1.165, 1.54) is 18.2 Å². The van der Waals surface area contributed by atoms with E-state index in [0.717, 1.165) is 0 Å². The molecule has 1 unspecified atom stereocenters. The third kappa shape index (κ3) is 5.50. The van der Waals surface area contributed by atoms with Gasteiger partial charge in [0.15, 0.2) is 0 Å². The molecule has 11 heteroatoms. The summed E-state index contributed by atoms with van der Waals surface area (Å²) >= 11 is 0. The lowest BCUT2D eigenvalue weighted by molar-refractivity contribution is -0.143. The number of anilines is 2. The number of hydrogen-bond donors (Lipinski definition) is 3. The fourth-order valence-electron chi connectivity index (χ4n) is 2.79. The average Bonchev–Trinajstić information content (AvgIpc) is 2.65. The molecule has 0 spiro atoms. The van der Waals surface area contributed by atoms with E-state index in [-0.39, 0.29) is 36.0 Å². The van der Waals surface area contributed by atoms with Gasteiger partial charge in [-0.05, 0) is 60.5 Å². The fraction of sp³-hybridized carbons (Fsp3) is 0.263. The second-order valence-corrected chi connectivity index (χ2v) is 6.43. The van der Waals surface area contributed by atoms with Crippen molar-refractivity contribution < 1.29 is 31.1 Å². The Kier molecular flexibility index (Phi) is 6.76. The molecule has 0 saturated heterocycles. The van der Waals surface area contributed by atoms with Crippen molar-refractivity contribution in [1.29, 1.82) is 0 Å². The molecule has 0 bridgehead atoms. The number of carbonyl (C=O) groups is 1. The Morgan fingerprint density at radius 3 is 2.07 bits per heavy atom. The summed E-state index contributed by atoms with van der Waals surface area (Å²) in [5.74, 6) is -2.24. The van der Waals surface area contributed by atoms with Crippen LogP contribution in [-0.4, -0.2) is 18.7 Å². The third-order valence-electron chi connectivity index (χ3n) is 4.28. The van der Waals surface area contributed by atoms with Gasteiger partial charge in [0.05, 0.1) is 17.0 Å². The minimum absolute atomic E-state index is 0.00968. The lowest BCUT2D eigenvalue weighted by Crippen LogP contribution is -2.25. The number of nitrogens with zero attached hydrogens (tertiary/aromatic N) is 1. The molecule has 1 atom stereocenters. The number of benzene rings is 2. The van der Waals surface area contributed by atoms with E-state index in [0.29, 0.717) is 18.3 Å². The number of rotatable bonds is 6. The first-order valence-corrected chi connectivity index (χ1v) is 8.54. The first-order chi connectivity index (χ1) is 13.9. The molecule has 2 aromatic rings. The first kappa shape index (κ1) is 23.2. The van der Waals surface area contributed by atoms with Gasteiger partial charge < -0.3 is 22.2 Å². The molecule has 0 aromatic heterocycles. The van der Waals surface area contributed by atoms with Gasteiger partial charge in [-0.2, -0.15) is 32.6 Å². The van der Waals surface area contributed by atoms with Crippen LogP contribution >= 0.6 is 0 Å². The number of amides is 1. The number of nitrogens with one attached hydrogen (secondary N) is 1. The molecule has 0 aliphatic heterocycles. The molecule has 5 nitrogen and oxygen atoms in total. The summed E-state index contributed by atoms with van der Waals surface area (Å²) in [6, 6.07) is 5.02. The number of nitrogen functional groups attached to an aromatic ring is 1. The Labute approximate surface area is 167 Å². The second-order valence-electron chi connectivity index (χ2n) is 6.43. The first-order valence-electron chi connectivity index (χ1n) is 8.54. The van der Waals surface area contributed by atoms with Crippen LogP contribution in [0.2, 0.25) is 0 Å². The van der Waals surface area contributed by atoms with Crippen LogP contribution in [0.5, 0.6) is 0 Å². The Balaban J connectivity index is 2.48. The van der Waals surface area contributed by atoms with Crippen molar-refractivity contribution in [2.24, 2.45) is 5.73 Å². The van der Waals surface area contributed by atoms with Crippen molar-refractivity contribution in [2.45, 2.75) is 24.7 Å². The quantitative estimate of drug-likeness (QED) is 0.360. The van der Waals surface area contributed by atoms with E-state index >= 15 is 0 Å². The molecule has 2 aromatic carbocycles. The standard InChI is InChI=1S/C19H17F6N4O/c20-18(21,22)12-5-10(6-13(8-12)19(23,24)25)15(3-4-26)17(30)29-14-1-2-16(28)11(7-14)9-27/h1-2,5-9,15H,3-4,26,28H2,(H,29,30)/q-1. The highest BCUT2D eigenvalue weighted by Crippen LogP contribution is 2.38. The summed E-state index contributed by atoms with van der Waals surface area (Å²) in [6.07, 6.45) is -9.59. The summed E-state index contributed by atoms with van der Waals surface area (Å²) in [4.78, 5) is 12.7. The van der Waals surface area contributed by atoms with E-state index in [1.54, 1.807) is 0 Å². The zero-order valence-corrected chi connectivity index (χ0v) is 15.3. The van der Waals surface area contributed by atoms with E-state index < -0.39 is 40.9 Å². The molecule has 30 heavy (non-hydrogen) atoms. The lowest BCUT2D eigenvalue weighted by Gasteiger charge is -2.20. The van der Waals surface area contributed by atoms with Gasteiger partial charge >= 0.3 is 12.4 Å². The molecule has 0 heterocycles. The van der Waals surface area contributed by atoms with Gasteiger partial charge in [0.25, 0.3) is 0 Å². The molecule has 0 saturated carbocycles. The topological polar surface area (TPSA) is 103 Å². The Hall–Kier alpha value is -3.08. The van der Waals surface area contributed by atoms with Crippen LogP contribution in [0, 0.1) is 0 Å². The number of hydrogen-bond acceptors (Lipinski definition) is 3. The molecule has 1 amide bonds. The van der Waals surface area contributed by atoms with Gasteiger partial charge in [-0.15, -0.1) is 0 Å². The number of nitrogens with two attached hydrogens (primary N) is 2. The zero-order valence-electron chi connectivity index (χ0n) is 15.3. The number of alkyl halides is 6. The molecular formula is C19H17F6N4O-. The molecule has 0 aliphatic rings. The largest absolute Gasteiger partial charge is 0.810 e. The van der Waals surface area contributed by atoms with Crippen LogP contribution in [0.25, 0.3) is 5.41 Å². The van der Waals surface area contributed by atoms with Gasteiger partial charge in [-0.3, -0.25) is 4.79 Å². The smallest absolute Gasteiger partial charge is 0.416 e. The van der Waals surface area contributed by atoms with Crippen molar-refractivity contribution in [2.75, 3.05) is 17.6 Å². The predicted molar refractivity (Wildman–Crippen MR) is 101 cm³/mol. The molecule has 0 fully saturated rings. The minimum atomic E-state index is -5.04. The van der Waals surface area contributed by atoms with Crippen LogP contribution in [0.3, 0.4) is 0 Å². The molecule has 5 N–H and O–H groups in total. The Morgan fingerprint density at radius 1 is 1.03 bits per heavy atom. The molecule has 162 valence electrons. The average molecular weight is 431 g/mol. The normalized spacial score (nSPS) is 13.0. The maximum absolute atomic E-state index is 13.1. The van der Waals surface area contributed by atoms with Gasteiger partial charge in [0.1, 0.15) is 0 Å². The minimum Gasteiger partial charge on any atom is -0.810 e. The van der Waals surface area contributed by atoms with Gasteiger partial charge in [0.2, 0.25) is 5.91 Å². The highest BCUT2D eigenvalue weighted by Gasteiger charge is 2.38. The van der Waals surface area contributed by atoms with E-state index in [1.807, 2.05) is 0 Å². The highest BCUT2D eigenvalue weighted by molar-refractivity contribution is 5.98. The van der Waals surface area contributed by atoms with Crippen molar-refractivity contribution >= 4 is 23.5 Å². The van der Waals surface area contributed by atoms with Crippen LogP contribution in [0.15, 0.2) is 36.4 Å². The maximum Gasteiger partial charge on any atom is 0.416 e. The SMILES string of the molecule is [N-]=Cc1cc(NC(=O)C(CCN)c2cc(C(F)(F)F)cc(C(F)(F)F)c2)ccc1N. The van der Waals surface area contributed by atoms with Crippen LogP contribution in [-0.2, 0) is 17.1 Å². The van der Waals surface area contributed by atoms with E-state index in [4.69, 9.17) is 16.9 Å². The number of carbonyl (C=O) groups excluding carboxylic acids is 1. The van der Waals surface area contributed by atoms with E-state index in [2.05, 4.69) is 5.32 Å². The zero-order chi connectivity index (χ0) is 22.7. The van der Waals surface area contributed by atoms with Crippen LogP contribution in [0.1, 0.15) is 34.6 Å². The molecule has 0 radical (unpaired) electrons. The van der Waals surface area contributed by atoms with Crippen LogP contribution < -0.4 is 16.8 Å². The molecule has 0 aliphatic carbocycles. The van der Waals surface area contributed by atoms with E-state index in [9.17, 15) is 31.1 Å². The Morgan fingerprint density at radius 2 is 1.60 bits per heavy atom. The predicted octanol–water partition coefficient (Wildman–Crippen LogP) is 4.37. The Bertz CT molecular complexity index is 907. The van der Waals surface area contributed by atoms with Crippen molar-refractivity contribution in [3.05, 3.63) is 64.1 Å². The molecular weight excluding hydrogens is 414 g/mol. The van der Waals surface area contributed by atoms with Gasteiger partial charge in [0, 0.05) is 11.4 Å². The summed E-state index contributed by atoms with van der Waals surface area (Å²) in [5.41, 5.74) is 8.03. The van der Waals surface area contributed by atoms with Crippen molar-refractivity contribution in [3.8, 4) is 0 Å². The van der Waals surface area contributed by atoms with Crippen molar-refractivity contribution in [3.63, 3.8) is 0 Å². The summed E-state index contributed by atoms with van der Waals surface area (Å²) in [7, 11) is 0. The maximum atomic E-state index is 13.1. The lowest BCUT2D eigenvalue weighted by atomic mass is 9.91. The van der Waals surface area contributed by atoms with Gasteiger partial charge in [-0.25, -0.2) is 0 Å². The van der Waals surface area contributed by atoms with Gasteiger partial charge in [-0.1, -0.05) is 0 Å². The van der Waals surface area contributed by atoms with Crippen LogP contribution in [0.4, 0.5) is 37.7 Å². The van der Waals surface area contributed by atoms with Crippen molar-refractivity contribution in [1.82, 2.24) is 0 Å². The summed E-state index contributed by atoms with van der Waals surface area (Å²) in [5, 5.41) is 11.5. The third-order valence-corrected chi connectivity index (χ3v) is 4.28. The fourth-order valence-corrected chi connectivity index (χ4v) is 2.79. The highest BCUT2D eigenvalue weighted by atomic mass is 19.4. The summed E-state index contributed by atoms with van der Waals surface area (Å²) < 4.78 is 78.7. The molecule has 2 rings (SSSR count).